The van der Waals surface area contributed by atoms with E-state index in [-0.39, 0.29) is 19.0 Å². The van der Waals surface area contributed by atoms with E-state index in [9.17, 15) is 13.2 Å². The molecule has 0 spiro atoms. The third-order valence-corrected chi connectivity index (χ3v) is 5.36. The maximum atomic E-state index is 12.3. The first-order valence-corrected chi connectivity index (χ1v) is 9.94. The summed E-state index contributed by atoms with van der Waals surface area (Å²) in [5.41, 5.74) is 4.21. The lowest BCUT2D eigenvalue weighted by Crippen LogP contribution is -2.38. The molecule has 5 nitrogen and oxygen atoms in total. The van der Waals surface area contributed by atoms with Crippen molar-refractivity contribution in [1.29, 1.82) is 0 Å². The number of carbonyl (C=O) groups excluding carboxylic acids is 1. The van der Waals surface area contributed by atoms with Gasteiger partial charge in [0.1, 0.15) is 0 Å². The smallest absolute Gasteiger partial charge is 0.251 e. The number of amides is 1. The number of aryl methyl sites for hydroxylation is 3. The van der Waals surface area contributed by atoms with E-state index < -0.39 is 10.0 Å². The van der Waals surface area contributed by atoms with Crippen LogP contribution in [0.5, 0.6) is 0 Å². The van der Waals surface area contributed by atoms with Gasteiger partial charge in [0.2, 0.25) is 10.0 Å². The summed E-state index contributed by atoms with van der Waals surface area (Å²) in [6.07, 6.45) is 1.17. The highest BCUT2D eigenvalue weighted by Crippen LogP contribution is 2.20. The molecular formula is C19H24N2O3S. The van der Waals surface area contributed by atoms with E-state index in [0.717, 1.165) is 16.7 Å². The molecule has 0 bridgehead atoms. The molecule has 0 aliphatic heterocycles. The summed E-state index contributed by atoms with van der Waals surface area (Å²) in [6, 6.07) is 12.8. The Kier molecular flexibility index (Phi) is 5.85. The largest absolute Gasteiger partial charge is 0.350 e. The second-order valence-electron chi connectivity index (χ2n) is 6.17. The molecule has 0 heterocycles. The molecule has 0 saturated heterocycles. The summed E-state index contributed by atoms with van der Waals surface area (Å²) in [4.78, 5) is 12.3. The van der Waals surface area contributed by atoms with Crippen LogP contribution in [0.25, 0.3) is 0 Å². The molecule has 0 unspecified atom stereocenters. The van der Waals surface area contributed by atoms with Gasteiger partial charge in [-0.2, -0.15) is 0 Å². The van der Waals surface area contributed by atoms with E-state index in [2.05, 4.69) is 5.32 Å². The topological polar surface area (TPSA) is 66.5 Å². The first-order chi connectivity index (χ1) is 11.7. The summed E-state index contributed by atoms with van der Waals surface area (Å²) in [6.45, 7) is 6.20. The maximum absolute atomic E-state index is 12.3. The molecular weight excluding hydrogens is 336 g/mol. The second kappa shape index (κ2) is 7.70. The molecule has 0 atom stereocenters. The SMILES string of the molecule is Cc1ccc(N(CCNC(=O)c2ccccc2C)S(C)(=O)=O)cc1C. The summed E-state index contributed by atoms with van der Waals surface area (Å²) in [5, 5.41) is 2.79. The van der Waals surface area contributed by atoms with Gasteiger partial charge in [0.05, 0.1) is 18.5 Å². The Balaban J connectivity index is 2.10. The van der Waals surface area contributed by atoms with Crippen molar-refractivity contribution in [3.63, 3.8) is 0 Å². The summed E-state index contributed by atoms with van der Waals surface area (Å²) in [7, 11) is -3.44. The fraction of sp³-hybridized carbons (Fsp3) is 0.316. The Hall–Kier alpha value is -2.34. The Morgan fingerprint density at radius 3 is 2.28 bits per heavy atom. The van der Waals surface area contributed by atoms with Gasteiger partial charge in [-0.25, -0.2) is 8.42 Å². The Bertz CT molecular complexity index is 876. The van der Waals surface area contributed by atoms with Crippen LogP contribution in [0.4, 0.5) is 5.69 Å². The Morgan fingerprint density at radius 1 is 1.00 bits per heavy atom. The van der Waals surface area contributed by atoms with E-state index in [0.29, 0.717) is 11.3 Å². The average molecular weight is 360 g/mol. The van der Waals surface area contributed by atoms with Gasteiger partial charge in [-0.15, -0.1) is 0 Å². The lowest BCUT2D eigenvalue weighted by atomic mass is 10.1. The van der Waals surface area contributed by atoms with Crippen LogP contribution in [-0.2, 0) is 10.0 Å². The highest BCUT2D eigenvalue weighted by Gasteiger charge is 2.18. The fourth-order valence-corrected chi connectivity index (χ4v) is 3.48. The average Bonchev–Trinajstić information content (AvgIpc) is 2.53. The van der Waals surface area contributed by atoms with Crippen molar-refractivity contribution in [2.24, 2.45) is 0 Å². The van der Waals surface area contributed by atoms with Crippen LogP contribution in [0.1, 0.15) is 27.0 Å². The molecule has 2 aromatic rings. The van der Waals surface area contributed by atoms with E-state index in [1.807, 2.05) is 45.0 Å². The van der Waals surface area contributed by atoms with Crippen molar-refractivity contribution in [1.82, 2.24) is 5.32 Å². The van der Waals surface area contributed by atoms with Gasteiger partial charge < -0.3 is 5.32 Å². The normalized spacial score (nSPS) is 11.2. The summed E-state index contributed by atoms with van der Waals surface area (Å²) < 4.78 is 25.6. The van der Waals surface area contributed by atoms with Crippen molar-refractivity contribution in [3.8, 4) is 0 Å². The van der Waals surface area contributed by atoms with E-state index in [1.54, 1.807) is 18.2 Å². The second-order valence-corrected chi connectivity index (χ2v) is 8.08. The molecule has 0 aromatic heterocycles. The minimum Gasteiger partial charge on any atom is -0.350 e. The first kappa shape index (κ1) is 19.0. The monoisotopic (exact) mass is 360 g/mol. The predicted molar refractivity (Wildman–Crippen MR) is 102 cm³/mol. The van der Waals surface area contributed by atoms with Gasteiger partial charge in [0.15, 0.2) is 0 Å². The molecule has 6 heteroatoms. The third-order valence-electron chi connectivity index (χ3n) is 4.17. The van der Waals surface area contributed by atoms with Gasteiger partial charge in [-0.05, 0) is 55.7 Å². The van der Waals surface area contributed by atoms with E-state index >= 15 is 0 Å². The number of rotatable bonds is 6. The van der Waals surface area contributed by atoms with Crippen molar-refractivity contribution in [3.05, 3.63) is 64.7 Å². The number of sulfonamides is 1. The van der Waals surface area contributed by atoms with Gasteiger partial charge >= 0.3 is 0 Å². The number of hydrogen-bond donors (Lipinski definition) is 1. The molecule has 2 aromatic carbocycles. The molecule has 1 amide bonds. The number of nitrogens with one attached hydrogen (secondary N) is 1. The zero-order valence-corrected chi connectivity index (χ0v) is 15.9. The summed E-state index contributed by atoms with van der Waals surface area (Å²) >= 11 is 0. The van der Waals surface area contributed by atoms with Gasteiger partial charge in [-0.1, -0.05) is 24.3 Å². The third kappa shape index (κ3) is 4.82. The van der Waals surface area contributed by atoms with E-state index in [4.69, 9.17) is 0 Å². The molecule has 0 fully saturated rings. The molecule has 25 heavy (non-hydrogen) atoms. The highest BCUT2D eigenvalue weighted by atomic mass is 32.2. The van der Waals surface area contributed by atoms with E-state index in [1.165, 1.54) is 10.6 Å². The minimum atomic E-state index is -3.44. The van der Waals surface area contributed by atoms with Crippen LogP contribution in [-0.4, -0.2) is 33.7 Å². The number of carbonyl (C=O) groups is 1. The molecule has 0 aliphatic carbocycles. The zero-order valence-electron chi connectivity index (χ0n) is 15.0. The van der Waals surface area contributed by atoms with Crippen LogP contribution in [0.2, 0.25) is 0 Å². The number of nitrogens with zero attached hydrogens (tertiary/aromatic N) is 1. The van der Waals surface area contributed by atoms with Gasteiger partial charge in [0, 0.05) is 12.1 Å². The molecule has 134 valence electrons. The van der Waals surface area contributed by atoms with Crippen LogP contribution in [0, 0.1) is 20.8 Å². The standard InChI is InChI=1S/C19H24N2O3S/c1-14-9-10-17(13-16(14)3)21(25(4,23)24)12-11-20-19(22)18-8-6-5-7-15(18)2/h5-10,13H,11-12H2,1-4H3,(H,20,22). The fourth-order valence-electron chi connectivity index (χ4n) is 2.56. The molecule has 0 aliphatic rings. The Labute approximate surface area is 149 Å². The molecule has 0 saturated carbocycles. The van der Waals surface area contributed by atoms with Crippen LogP contribution in [0.15, 0.2) is 42.5 Å². The molecule has 2 rings (SSSR count). The van der Waals surface area contributed by atoms with Gasteiger partial charge in [0.25, 0.3) is 5.91 Å². The van der Waals surface area contributed by atoms with Crippen molar-refractivity contribution >= 4 is 21.6 Å². The number of benzene rings is 2. The minimum absolute atomic E-state index is 0.180. The number of anilines is 1. The highest BCUT2D eigenvalue weighted by molar-refractivity contribution is 7.92. The lowest BCUT2D eigenvalue weighted by molar-refractivity contribution is 0.0954. The van der Waals surface area contributed by atoms with Crippen molar-refractivity contribution in [2.75, 3.05) is 23.7 Å². The van der Waals surface area contributed by atoms with Crippen LogP contribution >= 0.6 is 0 Å². The maximum Gasteiger partial charge on any atom is 0.251 e. The first-order valence-electron chi connectivity index (χ1n) is 8.09. The van der Waals surface area contributed by atoms with Crippen molar-refractivity contribution < 1.29 is 13.2 Å². The Morgan fingerprint density at radius 2 is 1.68 bits per heavy atom. The van der Waals surface area contributed by atoms with Crippen molar-refractivity contribution in [2.45, 2.75) is 20.8 Å². The molecule has 0 radical (unpaired) electrons. The van der Waals surface area contributed by atoms with Gasteiger partial charge in [-0.3, -0.25) is 9.10 Å². The van der Waals surface area contributed by atoms with Crippen LogP contribution < -0.4 is 9.62 Å². The summed E-state index contributed by atoms with van der Waals surface area (Å²) in [5.74, 6) is -0.202. The zero-order chi connectivity index (χ0) is 18.6. The lowest BCUT2D eigenvalue weighted by Gasteiger charge is -2.23. The predicted octanol–water partition coefficient (Wildman–Crippen LogP) is 2.81. The number of hydrogen-bond acceptors (Lipinski definition) is 3. The quantitative estimate of drug-likeness (QED) is 0.861. The van der Waals surface area contributed by atoms with Crippen LogP contribution in [0.3, 0.4) is 0 Å². The molecule has 1 N–H and O–H groups in total.